The van der Waals surface area contributed by atoms with Crippen LogP contribution in [0.2, 0.25) is 5.04 Å². The van der Waals surface area contributed by atoms with Gasteiger partial charge in [-0.2, -0.15) is 0 Å². The van der Waals surface area contributed by atoms with Crippen LogP contribution in [0.15, 0.2) is 108 Å². The number of benzene rings is 4. The summed E-state index contributed by atoms with van der Waals surface area (Å²) in [6.45, 7) is 13.6. The molecule has 1 aliphatic heterocycles. The van der Waals surface area contributed by atoms with Crippen LogP contribution < -0.4 is 25.2 Å². The van der Waals surface area contributed by atoms with E-state index in [9.17, 15) is 18.0 Å². The van der Waals surface area contributed by atoms with E-state index in [1.807, 2.05) is 43.3 Å². The van der Waals surface area contributed by atoms with Gasteiger partial charge in [0.05, 0.1) is 11.4 Å². The first-order chi connectivity index (χ1) is 27.5. The molecule has 1 N–H and O–H groups in total. The molecule has 13 heteroatoms. The fourth-order valence-electron chi connectivity index (χ4n) is 6.61. The third kappa shape index (κ3) is 11.4. The lowest BCUT2D eigenvalue weighted by molar-refractivity contribution is -0.145. The van der Waals surface area contributed by atoms with Crippen LogP contribution in [-0.2, 0) is 35.3 Å². The summed E-state index contributed by atoms with van der Waals surface area (Å²) in [4.78, 5) is 25.5. The molecular weight excluding hydrogens is 773 g/mol. The molecule has 0 bridgehead atoms. The van der Waals surface area contributed by atoms with E-state index < -0.39 is 48.7 Å². The minimum atomic E-state index is -4.15. The summed E-state index contributed by atoms with van der Waals surface area (Å²) in [5, 5.41) is 4.56. The van der Waals surface area contributed by atoms with E-state index >= 15 is 0 Å². The minimum Gasteiger partial charge on any atom is -0.454 e. The number of carbonyl (C=O) groups excluding carboxylic acids is 2. The second-order valence-corrected chi connectivity index (χ2v) is 22.3. The number of fused-ring (bicyclic) bond motifs is 1. The molecule has 1 heterocycles. The largest absolute Gasteiger partial charge is 0.454 e. The number of rotatable bonds is 15. The van der Waals surface area contributed by atoms with Crippen molar-refractivity contribution < 1.29 is 41.4 Å². The van der Waals surface area contributed by atoms with Crippen LogP contribution in [0.4, 0.5) is 4.79 Å². The first-order valence-electron chi connectivity index (χ1n) is 19.4. The third-order valence-corrected chi connectivity index (χ3v) is 16.1. The van der Waals surface area contributed by atoms with E-state index in [4.69, 9.17) is 23.4 Å². The van der Waals surface area contributed by atoms with Gasteiger partial charge in [-0.15, -0.1) is 0 Å². The van der Waals surface area contributed by atoms with Gasteiger partial charge in [-0.05, 0) is 98.1 Å². The van der Waals surface area contributed by atoms with Crippen LogP contribution in [0.1, 0.15) is 71.9 Å². The topological polar surface area (TPSA) is 130 Å². The molecule has 4 aromatic rings. The first-order valence-corrected chi connectivity index (χ1v) is 22.7. The number of amides is 1. The SMILES string of the molecule is Cc1ccc(S(=O)(=O)N(C#CC(CCCCO[Si](c2ccccc2)(c2ccccc2)C(C)(C)C)OC(=O)CNC(=O)OC(C)(C)C)Cc2ccc3c(c2)OCO3)cc1. The number of nitrogens with zero attached hydrogens (tertiary/aromatic N) is 1. The van der Waals surface area contributed by atoms with Gasteiger partial charge in [0.2, 0.25) is 6.79 Å². The van der Waals surface area contributed by atoms with Crippen molar-refractivity contribution in [3.05, 3.63) is 114 Å². The molecule has 0 aromatic heterocycles. The molecule has 0 saturated heterocycles. The Balaban J connectivity index is 1.39. The number of hydrogen-bond donors (Lipinski definition) is 1. The highest BCUT2D eigenvalue weighted by atomic mass is 32.2. The predicted molar refractivity (Wildman–Crippen MR) is 226 cm³/mol. The van der Waals surface area contributed by atoms with Gasteiger partial charge in [0.15, 0.2) is 17.6 Å². The van der Waals surface area contributed by atoms with Crippen LogP contribution in [-0.4, -0.2) is 64.8 Å². The average molecular weight is 827 g/mol. The molecule has 58 heavy (non-hydrogen) atoms. The lowest BCUT2D eigenvalue weighted by atomic mass is 10.1. The van der Waals surface area contributed by atoms with Crippen LogP contribution in [0.5, 0.6) is 11.5 Å². The zero-order chi connectivity index (χ0) is 42.0. The highest BCUT2D eigenvalue weighted by molar-refractivity contribution is 7.89. The molecule has 4 aromatic carbocycles. The number of hydrogen-bond acceptors (Lipinski definition) is 9. The Morgan fingerprint density at radius 2 is 1.47 bits per heavy atom. The second-order valence-electron chi connectivity index (χ2n) is 16.1. The first kappa shape index (κ1) is 43.8. The zero-order valence-corrected chi connectivity index (χ0v) is 36.2. The van der Waals surface area contributed by atoms with Gasteiger partial charge in [-0.1, -0.05) is 105 Å². The predicted octanol–water partition coefficient (Wildman–Crippen LogP) is 7.06. The van der Waals surface area contributed by atoms with E-state index in [0.29, 0.717) is 36.5 Å². The van der Waals surface area contributed by atoms with E-state index in [1.165, 1.54) is 22.5 Å². The monoisotopic (exact) mass is 826 g/mol. The van der Waals surface area contributed by atoms with Gasteiger partial charge in [0.25, 0.3) is 18.3 Å². The van der Waals surface area contributed by atoms with Crippen LogP contribution >= 0.6 is 0 Å². The maximum absolute atomic E-state index is 14.1. The van der Waals surface area contributed by atoms with Crippen molar-refractivity contribution in [2.45, 2.75) is 95.9 Å². The molecule has 1 unspecified atom stereocenters. The summed E-state index contributed by atoms with van der Waals surface area (Å²) in [5.74, 6) is 3.25. The van der Waals surface area contributed by atoms with E-state index in [0.717, 1.165) is 9.87 Å². The van der Waals surface area contributed by atoms with Crippen LogP contribution in [0, 0.1) is 18.9 Å². The lowest BCUT2D eigenvalue weighted by Gasteiger charge is -2.43. The molecule has 0 radical (unpaired) electrons. The van der Waals surface area contributed by atoms with Crippen LogP contribution in [0.25, 0.3) is 0 Å². The Kier molecular flexibility index (Phi) is 14.3. The van der Waals surface area contributed by atoms with Crippen molar-refractivity contribution in [1.29, 1.82) is 0 Å². The van der Waals surface area contributed by atoms with Crippen molar-refractivity contribution in [2.75, 3.05) is 19.9 Å². The Hall–Kier alpha value is -5.29. The average Bonchev–Trinajstić information content (AvgIpc) is 3.65. The van der Waals surface area contributed by atoms with E-state index in [2.05, 4.69) is 62.3 Å². The number of nitrogens with one attached hydrogen (secondary N) is 1. The fourth-order valence-corrected chi connectivity index (χ4v) is 12.4. The molecule has 11 nitrogen and oxygen atoms in total. The summed E-state index contributed by atoms with van der Waals surface area (Å²) in [6, 6.07) is 35.2. The standard InChI is InChI=1S/C45H54N2O9SSi/c1-34-21-24-37(25-22-34)57(50,51)47(32-35-23-26-40-41(30-35)53-33-52-40)28-27-36(55-42(48)31-46-43(49)56-44(2,3)4)16-14-15-29-54-58(45(5,6)7,38-17-10-8-11-18-38)39-19-12-9-13-20-39/h8-13,17-26,30,36H,14-16,29,31-33H2,1-7H3,(H,46,49). The molecular formula is C45H54N2O9SSi. The van der Waals surface area contributed by atoms with Crippen molar-refractivity contribution >= 4 is 40.8 Å². The number of aryl methyl sites for hydroxylation is 1. The number of unbranched alkanes of at least 4 members (excludes halogenated alkanes) is 1. The van der Waals surface area contributed by atoms with Gasteiger partial charge >= 0.3 is 12.1 Å². The molecule has 0 aliphatic carbocycles. The summed E-state index contributed by atoms with van der Waals surface area (Å²) >= 11 is 0. The molecule has 0 saturated carbocycles. The minimum absolute atomic E-state index is 0.0590. The molecule has 5 rings (SSSR count). The van der Waals surface area contributed by atoms with Crippen molar-refractivity contribution in [1.82, 2.24) is 9.62 Å². The maximum atomic E-state index is 14.1. The normalized spacial score (nSPS) is 13.2. The number of carbonyl (C=O) groups is 2. The molecule has 0 fully saturated rings. The van der Waals surface area contributed by atoms with Gasteiger partial charge in [-0.25, -0.2) is 17.5 Å². The summed E-state index contributed by atoms with van der Waals surface area (Å²) in [7, 11) is -6.92. The Bertz CT molecular complexity index is 2140. The quantitative estimate of drug-likeness (QED) is 0.0441. The molecule has 1 aliphatic rings. The van der Waals surface area contributed by atoms with Crippen molar-refractivity contribution in [3.63, 3.8) is 0 Å². The van der Waals surface area contributed by atoms with Gasteiger partial charge in [0, 0.05) is 12.7 Å². The van der Waals surface area contributed by atoms with Gasteiger partial charge in [0.1, 0.15) is 12.1 Å². The fraction of sp³-hybridized carbons (Fsp3) is 0.378. The lowest BCUT2D eigenvalue weighted by Crippen LogP contribution is -2.66. The molecule has 308 valence electrons. The summed E-state index contributed by atoms with van der Waals surface area (Å²) in [5.41, 5.74) is 0.756. The zero-order valence-electron chi connectivity index (χ0n) is 34.4. The van der Waals surface area contributed by atoms with Gasteiger partial charge < -0.3 is 28.7 Å². The number of ether oxygens (including phenoxy) is 4. The highest BCUT2D eigenvalue weighted by Gasteiger charge is 2.50. The van der Waals surface area contributed by atoms with E-state index in [1.54, 1.807) is 51.1 Å². The number of esters is 1. The number of alkyl carbamates (subject to hydrolysis) is 1. The van der Waals surface area contributed by atoms with Crippen LogP contribution in [0.3, 0.4) is 0 Å². The summed E-state index contributed by atoms with van der Waals surface area (Å²) < 4.78 is 58.3. The maximum Gasteiger partial charge on any atom is 0.408 e. The second kappa shape index (κ2) is 19.0. The Labute approximate surface area is 344 Å². The Morgan fingerprint density at radius 3 is 2.07 bits per heavy atom. The van der Waals surface area contributed by atoms with Crippen molar-refractivity contribution in [3.8, 4) is 23.5 Å². The smallest absolute Gasteiger partial charge is 0.408 e. The highest BCUT2D eigenvalue weighted by Crippen LogP contribution is 2.37. The number of sulfonamides is 1. The molecule has 0 spiro atoms. The summed E-state index contributed by atoms with van der Waals surface area (Å²) in [6.07, 6.45) is -0.367. The Morgan fingerprint density at radius 1 is 0.845 bits per heavy atom. The third-order valence-electron chi connectivity index (χ3n) is 9.37. The molecule has 1 amide bonds. The van der Waals surface area contributed by atoms with Crippen molar-refractivity contribution in [2.24, 2.45) is 0 Å². The molecule has 1 atom stereocenters. The van der Waals surface area contributed by atoms with E-state index in [-0.39, 0.29) is 29.7 Å². The van der Waals surface area contributed by atoms with Gasteiger partial charge in [-0.3, -0.25) is 4.79 Å².